The van der Waals surface area contributed by atoms with Crippen molar-refractivity contribution in [3.8, 4) is 0 Å². The average molecular weight is 248 g/mol. The first-order valence-electron chi connectivity index (χ1n) is 4.62. The minimum absolute atomic E-state index is 0.0308. The number of rotatable bonds is 3. The summed E-state index contributed by atoms with van der Waals surface area (Å²) < 4.78 is 40.7. The van der Waals surface area contributed by atoms with Gasteiger partial charge < -0.3 is 15.8 Å². The smallest absolute Gasteiger partial charge is 0.405 e. The third-order valence-electron chi connectivity index (χ3n) is 1.97. The summed E-state index contributed by atoms with van der Waals surface area (Å²) >= 11 is 0. The second-order valence-electron chi connectivity index (χ2n) is 3.23. The number of anilines is 2. The summed E-state index contributed by atoms with van der Waals surface area (Å²) in [7, 11) is 1.14. The molecule has 1 aromatic carbocycles. The number of hydrogen-bond donors (Lipinski definition) is 2. The fraction of sp³-hybridized carbons (Fsp3) is 0.300. The fourth-order valence-electron chi connectivity index (χ4n) is 1.24. The normalized spacial score (nSPS) is 11.1. The van der Waals surface area contributed by atoms with E-state index in [0.29, 0.717) is 0 Å². The van der Waals surface area contributed by atoms with Crippen LogP contribution in [0.5, 0.6) is 0 Å². The minimum Gasteiger partial charge on any atom is -0.465 e. The number of benzene rings is 1. The van der Waals surface area contributed by atoms with Gasteiger partial charge in [-0.1, -0.05) is 6.07 Å². The van der Waals surface area contributed by atoms with Crippen molar-refractivity contribution in [1.82, 2.24) is 0 Å². The van der Waals surface area contributed by atoms with Gasteiger partial charge in [0, 0.05) is 0 Å². The van der Waals surface area contributed by atoms with Crippen LogP contribution in [0.15, 0.2) is 18.2 Å². The maximum atomic E-state index is 12.1. The van der Waals surface area contributed by atoms with E-state index in [1.165, 1.54) is 18.2 Å². The van der Waals surface area contributed by atoms with Crippen LogP contribution in [0.4, 0.5) is 24.5 Å². The van der Waals surface area contributed by atoms with E-state index in [-0.39, 0.29) is 16.9 Å². The molecule has 94 valence electrons. The van der Waals surface area contributed by atoms with E-state index < -0.39 is 18.7 Å². The van der Waals surface area contributed by atoms with E-state index in [1.807, 2.05) is 0 Å². The molecule has 4 nitrogen and oxygen atoms in total. The molecule has 1 rings (SSSR count). The highest BCUT2D eigenvalue weighted by Gasteiger charge is 2.28. The van der Waals surface area contributed by atoms with Crippen LogP contribution >= 0.6 is 0 Å². The van der Waals surface area contributed by atoms with Gasteiger partial charge in [0.1, 0.15) is 6.54 Å². The third kappa shape index (κ3) is 3.54. The third-order valence-corrected chi connectivity index (χ3v) is 1.97. The SMILES string of the molecule is COC(=O)c1cccc(N)c1NCC(F)(F)F. The maximum absolute atomic E-state index is 12.1. The lowest BCUT2D eigenvalue weighted by molar-refractivity contribution is -0.115. The lowest BCUT2D eigenvalue weighted by Gasteiger charge is -2.14. The molecule has 0 bridgehead atoms. The standard InChI is InChI=1S/C10H11F3N2O2/c1-17-9(16)6-3-2-4-7(14)8(6)15-5-10(11,12)13/h2-4,15H,5,14H2,1H3. The molecule has 0 aliphatic rings. The number of ether oxygens (including phenoxy) is 1. The summed E-state index contributed by atoms with van der Waals surface area (Å²) in [4.78, 5) is 11.3. The zero-order valence-electron chi connectivity index (χ0n) is 8.97. The molecule has 3 N–H and O–H groups in total. The summed E-state index contributed by atoms with van der Waals surface area (Å²) in [6.07, 6.45) is -4.39. The number of carbonyl (C=O) groups is 1. The van der Waals surface area contributed by atoms with Crippen LogP contribution in [0, 0.1) is 0 Å². The van der Waals surface area contributed by atoms with Gasteiger partial charge in [-0.15, -0.1) is 0 Å². The van der Waals surface area contributed by atoms with Crippen LogP contribution in [0.25, 0.3) is 0 Å². The Morgan fingerprint density at radius 1 is 1.47 bits per heavy atom. The molecule has 0 saturated carbocycles. The molecule has 0 atom stereocenters. The van der Waals surface area contributed by atoms with Gasteiger partial charge in [-0.05, 0) is 12.1 Å². The van der Waals surface area contributed by atoms with E-state index in [4.69, 9.17) is 5.73 Å². The number of esters is 1. The van der Waals surface area contributed by atoms with E-state index in [2.05, 4.69) is 10.1 Å². The van der Waals surface area contributed by atoms with Crippen molar-refractivity contribution in [1.29, 1.82) is 0 Å². The molecule has 0 aliphatic heterocycles. The maximum Gasteiger partial charge on any atom is 0.405 e. The number of para-hydroxylation sites is 1. The Hall–Kier alpha value is -1.92. The Morgan fingerprint density at radius 2 is 2.12 bits per heavy atom. The number of hydrogen-bond acceptors (Lipinski definition) is 4. The second kappa shape index (κ2) is 4.94. The first-order valence-corrected chi connectivity index (χ1v) is 4.62. The number of carbonyl (C=O) groups excluding carboxylic acids is 1. The summed E-state index contributed by atoms with van der Waals surface area (Å²) in [5.41, 5.74) is 5.46. The van der Waals surface area contributed by atoms with Crippen LogP contribution in [-0.2, 0) is 4.74 Å². The molecule has 17 heavy (non-hydrogen) atoms. The van der Waals surface area contributed by atoms with Gasteiger partial charge in [-0.2, -0.15) is 13.2 Å². The van der Waals surface area contributed by atoms with E-state index in [9.17, 15) is 18.0 Å². The Kier molecular flexibility index (Phi) is 3.82. The monoisotopic (exact) mass is 248 g/mol. The van der Waals surface area contributed by atoms with Gasteiger partial charge >= 0.3 is 12.1 Å². The highest BCUT2D eigenvalue weighted by atomic mass is 19.4. The number of methoxy groups -OCH3 is 1. The summed E-state index contributed by atoms with van der Waals surface area (Å²) in [6, 6.07) is 4.19. The Balaban J connectivity index is 3.00. The topological polar surface area (TPSA) is 64.3 Å². The van der Waals surface area contributed by atoms with E-state index in [0.717, 1.165) is 7.11 Å². The number of halogens is 3. The molecule has 0 aromatic heterocycles. The highest BCUT2D eigenvalue weighted by molar-refractivity contribution is 5.98. The van der Waals surface area contributed by atoms with Crippen molar-refractivity contribution in [2.75, 3.05) is 24.7 Å². The van der Waals surface area contributed by atoms with Gasteiger partial charge in [-0.25, -0.2) is 4.79 Å². The number of nitrogen functional groups attached to an aromatic ring is 1. The molecule has 7 heteroatoms. The first-order chi connectivity index (χ1) is 7.85. The van der Waals surface area contributed by atoms with Crippen molar-refractivity contribution in [3.63, 3.8) is 0 Å². The Morgan fingerprint density at radius 3 is 2.65 bits per heavy atom. The molecular formula is C10H11F3N2O2. The number of nitrogens with two attached hydrogens (primary N) is 1. The Labute approximate surface area is 95.6 Å². The molecule has 0 amide bonds. The predicted molar refractivity (Wildman–Crippen MR) is 56.7 cm³/mol. The van der Waals surface area contributed by atoms with Gasteiger partial charge in [0.05, 0.1) is 24.0 Å². The van der Waals surface area contributed by atoms with Gasteiger partial charge in [0.25, 0.3) is 0 Å². The first kappa shape index (κ1) is 13.1. The van der Waals surface area contributed by atoms with Crippen molar-refractivity contribution in [2.24, 2.45) is 0 Å². The molecule has 0 aliphatic carbocycles. The molecule has 0 unspecified atom stereocenters. The minimum atomic E-state index is -4.39. The predicted octanol–water partition coefficient (Wildman–Crippen LogP) is 2.03. The molecule has 0 radical (unpaired) electrons. The number of nitrogens with one attached hydrogen (secondary N) is 1. The van der Waals surface area contributed by atoms with E-state index >= 15 is 0 Å². The van der Waals surface area contributed by atoms with Crippen molar-refractivity contribution in [2.45, 2.75) is 6.18 Å². The van der Waals surface area contributed by atoms with Crippen LogP contribution in [-0.4, -0.2) is 25.8 Å². The molecule has 0 heterocycles. The quantitative estimate of drug-likeness (QED) is 0.634. The largest absolute Gasteiger partial charge is 0.465 e. The molecule has 1 aromatic rings. The molecule has 0 saturated heterocycles. The molecule has 0 fully saturated rings. The van der Waals surface area contributed by atoms with E-state index in [1.54, 1.807) is 0 Å². The molecular weight excluding hydrogens is 237 g/mol. The lowest BCUT2D eigenvalue weighted by atomic mass is 10.1. The van der Waals surface area contributed by atoms with Crippen LogP contribution < -0.4 is 11.1 Å². The molecule has 0 spiro atoms. The van der Waals surface area contributed by atoms with Gasteiger partial charge in [0.2, 0.25) is 0 Å². The Bertz CT molecular complexity index is 419. The van der Waals surface area contributed by atoms with Crippen LogP contribution in [0.1, 0.15) is 10.4 Å². The summed E-state index contributed by atoms with van der Waals surface area (Å²) in [6.45, 7) is -1.27. The highest BCUT2D eigenvalue weighted by Crippen LogP contribution is 2.26. The van der Waals surface area contributed by atoms with Crippen LogP contribution in [0.3, 0.4) is 0 Å². The van der Waals surface area contributed by atoms with Crippen molar-refractivity contribution >= 4 is 17.3 Å². The van der Waals surface area contributed by atoms with Crippen molar-refractivity contribution in [3.05, 3.63) is 23.8 Å². The zero-order chi connectivity index (χ0) is 13.1. The van der Waals surface area contributed by atoms with Gasteiger partial charge in [-0.3, -0.25) is 0 Å². The number of alkyl halides is 3. The fourth-order valence-corrected chi connectivity index (χ4v) is 1.24. The van der Waals surface area contributed by atoms with Crippen molar-refractivity contribution < 1.29 is 22.7 Å². The van der Waals surface area contributed by atoms with Crippen LogP contribution in [0.2, 0.25) is 0 Å². The van der Waals surface area contributed by atoms with Gasteiger partial charge in [0.15, 0.2) is 0 Å². The average Bonchev–Trinajstić information content (AvgIpc) is 2.25. The zero-order valence-corrected chi connectivity index (χ0v) is 8.97. The summed E-state index contributed by atoms with van der Waals surface area (Å²) in [5, 5.41) is 2.09. The summed E-state index contributed by atoms with van der Waals surface area (Å²) in [5.74, 6) is -0.748. The lowest BCUT2D eigenvalue weighted by Crippen LogP contribution is -2.23. The second-order valence-corrected chi connectivity index (χ2v) is 3.23.